The number of carbonyl (C=O) groups excluding carboxylic acids is 2. The highest BCUT2D eigenvalue weighted by atomic mass is 16.4. The van der Waals surface area contributed by atoms with Crippen molar-refractivity contribution in [2.75, 3.05) is 18.4 Å². The van der Waals surface area contributed by atoms with Crippen molar-refractivity contribution in [1.29, 1.82) is 0 Å². The minimum absolute atomic E-state index is 0.118. The molecule has 0 aliphatic rings. The molecule has 1 aromatic heterocycles. The number of carboxylic acid groups (broad SMARTS) is 1. The first kappa shape index (κ1) is 16.4. The topological polar surface area (TPSA) is 126 Å². The molecule has 0 spiro atoms. The number of carboxylic acids is 1. The van der Waals surface area contributed by atoms with Crippen LogP contribution in [0.3, 0.4) is 0 Å². The first-order valence-electron chi connectivity index (χ1n) is 6.47. The predicted molar refractivity (Wildman–Crippen MR) is 75.9 cm³/mol. The third kappa shape index (κ3) is 5.47. The normalized spacial score (nSPS) is 9.95. The van der Waals surface area contributed by atoms with E-state index < -0.39 is 17.9 Å². The number of aromatic carboxylic acids is 1. The van der Waals surface area contributed by atoms with Gasteiger partial charge in [0.05, 0.1) is 11.9 Å². The Bertz CT molecular complexity index is 515. The van der Waals surface area contributed by atoms with Crippen LogP contribution in [0.5, 0.6) is 0 Å². The van der Waals surface area contributed by atoms with E-state index in [0.717, 1.165) is 12.8 Å². The van der Waals surface area contributed by atoms with E-state index in [1.54, 1.807) is 0 Å². The summed E-state index contributed by atoms with van der Waals surface area (Å²) in [6, 6.07) is 2.23. The third-order valence-electron chi connectivity index (χ3n) is 2.65. The summed E-state index contributed by atoms with van der Waals surface area (Å²) in [5.74, 6) is -1.74. The van der Waals surface area contributed by atoms with Gasteiger partial charge in [0.15, 0.2) is 0 Å². The van der Waals surface area contributed by atoms with Crippen LogP contribution in [0.25, 0.3) is 0 Å². The van der Waals surface area contributed by atoms with E-state index >= 15 is 0 Å². The molecule has 0 aliphatic carbocycles. The van der Waals surface area contributed by atoms with Gasteiger partial charge in [-0.1, -0.05) is 13.3 Å². The highest BCUT2D eigenvalue weighted by Crippen LogP contribution is 2.08. The highest BCUT2D eigenvalue weighted by Gasteiger charge is 2.15. The first-order chi connectivity index (χ1) is 9.93. The van der Waals surface area contributed by atoms with Crippen LogP contribution in [0.1, 0.15) is 30.3 Å². The number of aromatic nitrogens is 1. The van der Waals surface area contributed by atoms with Gasteiger partial charge in [-0.3, -0.25) is 4.79 Å². The van der Waals surface area contributed by atoms with Crippen LogP contribution in [0.15, 0.2) is 18.3 Å². The summed E-state index contributed by atoms with van der Waals surface area (Å²) in [4.78, 5) is 38.7. The lowest BCUT2D eigenvalue weighted by molar-refractivity contribution is -0.118. The van der Waals surface area contributed by atoms with Gasteiger partial charge in [0.2, 0.25) is 5.91 Å². The molecule has 0 saturated heterocycles. The summed E-state index contributed by atoms with van der Waals surface area (Å²) in [5, 5.41) is 11.3. The van der Waals surface area contributed by atoms with Gasteiger partial charge in [0, 0.05) is 6.54 Å². The van der Waals surface area contributed by atoms with Crippen LogP contribution in [0.2, 0.25) is 0 Å². The molecule has 0 bridgehead atoms. The number of hydrogen-bond acceptors (Lipinski definition) is 4. The van der Waals surface area contributed by atoms with Crippen LogP contribution in [-0.2, 0) is 4.79 Å². The van der Waals surface area contributed by atoms with Gasteiger partial charge >= 0.3 is 12.0 Å². The Morgan fingerprint density at radius 3 is 2.57 bits per heavy atom. The second-order valence-electron chi connectivity index (χ2n) is 4.41. The molecule has 1 rings (SSSR count). The smallest absolute Gasteiger partial charge is 0.354 e. The molecule has 8 nitrogen and oxygen atoms in total. The number of nitrogens with one attached hydrogen (secondary N) is 1. The molecular weight excluding hydrogens is 276 g/mol. The number of pyridine rings is 1. The van der Waals surface area contributed by atoms with Crippen molar-refractivity contribution in [3.05, 3.63) is 24.0 Å². The number of amides is 3. The van der Waals surface area contributed by atoms with Crippen LogP contribution >= 0.6 is 0 Å². The second kappa shape index (κ2) is 7.83. The molecular formula is C13H18N4O4. The van der Waals surface area contributed by atoms with E-state index in [1.165, 1.54) is 23.2 Å². The number of unbranched alkanes of at least 4 members (excludes halogenated alkanes) is 1. The monoisotopic (exact) mass is 294 g/mol. The average Bonchev–Trinajstić information content (AvgIpc) is 2.43. The molecule has 0 aromatic carbocycles. The molecule has 4 N–H and O–H groups in total. The molecule has 8 heteroatoms. The van der Waals surface area contributed by atoms with E-state index in [9.17, 15) is 14.4 Å². The lowest BCUT2D eigenvalue weighted by Gasteiger charge is -2.21. The van der Waals surface area contributed by atoms with Gasteiger partial charge in [-0.05, 0) is 18.6 Å². The van der Waals surface area contributed by atoms with Gasteiger partial charge in [0.1, 0.15) is 12.2 Å². The van der Waals surface area contributed by atoms with E-state index in [4.69, 9.17) is 10.8 Å². The van der Waals surface area contributed by atoms with Crippen molar-refractivity contribution >= 4 is 23.6 Å². The van der Waals surface area contributed by atoms with Crippen LogP contribution in [-0.4, -0.2) is 46.0 Å². The van der Waals surface area contributed by atoms with Gasteiger partial charge in [0.25, 0.3) is 0 Å². The molecule has 0 aliphatic heterocycles. The maximum Gasteiger partial charge on any atom is 0.354 e. The van der Waals surface area contributed by atoms with Gasteiger partial charge in [-0.15, -0.1) is 0 Å². The molecule has 0 atom stereocenters. The summed E-state index contributed by atoms with van der Waals surface area (Å²) in [6.07, 6.45) is 2.86. The summed E-state index contributed by atoms with van der Waals surface area (Å²) in [5.41, 5.74) is 5.34. The van der Waals surface area contributed by atoms with Crippen molar-refractivity contribution in [2.45, 2.75) is 19.8 Å². The molecule has 21 heavy (non-hydrogen) atoms. The second-order valence-corrected chi connectivity index (χ2v) is 4.41. The highest BCUT2D eigenvalue weighted by molar-refractivity contribution is 5.92. The first-order valence-corrected chi connectivity index (χ1v) is 6.47. The number of nitrogens with zero attached hydrogens (tertiary/aromatic N) is 2. The molecule has 1 heterocycles. The Morgan fingerprint density at radius 2 is 2.10 bits per heavy atom. The Morgan fingerprint density at radius 1 is 1.38 bits per heavy atom. The molecule has 0 radical (unpaired) electrons. The summed E-state index contributed by atoms with van der Waals surface area (Å²) >= 11 is 0. The predicted octanol–water partition coefficient (Wildman–Crippen LogP) is 0.899. The van der Waals surface area contributed by atoms with Crippen LogP contribution in [0, 0.1) is 0 Å². The SMILES string of the molecule is CCCCN(CC(N)=O)C(=O)Nc1ccc(C(=O)O)nc1. The van der Waals surface area contributed by atoms with E-state index in [0.29, 0.717) is 12.2 Å². The zero-order chi connectivity index (χ0) is 15.8. The zero-order valence-corrected chi connectivity index (χ0v) is 11.7. The molecule has 114 valence electrons. The summed E-state index contributed by atoms with van der Waals surface area (Å²) in [6.45, 7) is 2.20. The Labute approximate surface area is 121 Å². The fourth-order valence-electron chi connectivity index (χ4n) is 1.59. The van der Waals surface area contributed by atoms with Crippen LogP contribution < -0.4 is 11.1 Å². The number of nitrogens with two attached hydrogens (primary N) is 1. The standard InChI is InChI=1S/C13H18N4O4/c1-2-3-6-17(8-11(14)18)13(21)16-9-4-5-10(12(19)20)15-7-9/h4-5,7H,2-3,6,8H2,1H3,(H2,14,18)(H,16,21)(H,19,20). The Balaban J connectivity index is 2.70. The molecule has 0 saturated carbocycles. The number of rotatable bonds is 7. The van der Waals surface area contributed by atoms with Crippen molar-refractivity contribution in [3.8, 4) is 0 Å². The fourth-order valence-corrected chi connectivity index (χ4v) is 1.59. The zero-order valence-electron chi connectivity index (χ0n) is 11.7. The largest absolute Gasteiger partial charge is 0.477 e. The van der Waals surface area contributed by atoms with E-state index in [-0.39, 0.29) is 12.2 Å². The Hall–Kier alpha value is -2.64. The van der Waals surface area contributed by atoms with Gasteiger partial charge in [-0.25, -0.2) is 14.6 Å². The van der Waals surface area contributed by atoms with Crippen LogP contribution in [0.4, 0.5) is 10.5 Å². The van der Waals surface area contributed by atoms with Crippen molar-refractivity contribution in [2.24, 2.45) is 5.73 Å². The lowest BCUT2D eigenvalue weighted by Crippen LogP contribution is -2.41. The number of primary amides is 1. The molecule has 1 aromatic rings. The van der Waals surface area contributed by atoms with E-state index in [1.807, 2.05) is 6.92 Å². The summed E-state index contributed by atoms with van der Waals surface area (Å²) in [7, 11) is 0. The number of carbonyl (C=O) groups is 3. The lowest BCUT2D eigenvalue weighted by atomic mass is 10.3. The maximum atomic E-state index is 12.0. The number of hydrogen-bond donors (Lipinski definition) is 3. The fraction of sp³-hybridized carbons (Fsp3) is 0.385. The van der Waals surface area contributed by atoms with Crippen molar-refractivity contribution in [1.82, 2.24) is 9.88 Å². The van der Waals surface area contributed by atoms with Crippen molar-refractivity contribution < 1.29 is 19.5 Å². The molecule has 0 unspecified atom stereocenters. The quantitative estimate of drug-likeness (QED) is 0.688. The van der Waals surface area contributed by atoms with Gasteiger partial charge in [-0.2, -0.15) is 0 Å². The van der Waals surface area contributed by atoms with E-state index in [2.05, 4.69) is 10.3 Å². The number of urea groups is 1. The minimum atomic E-state index is -1.15. The summed E-state index contributed by atoms with van der Waals surface area (Å²) < 4.78 is 0. The third-order valence-corrected chi connectivity index (χ3v) is 2.65. The molecule has 0 fully saturated rings. The average molecular weight is 294 g/mol. The van der Waals surface area contributed by atoms with Crippen molar-refractivity contribution in [3.63, 3.8) is 0 Å². The maximum absolute atomic E-state index is 12.0. The minimum Gasteiger partial charge on any atom is -0.477 e. The van der Waals surface area contributed by atoms with Gasteiger partial charge < -0.3 is 21.1 Å². The Kier molecular flexibility index (Phi) is 6.12. The molecule has 3 amide bonds. The number of anilines is 1.